The summed E-state index contributed by atoms with van der Waals surface area (Å²) in [5.74, 6) is 0.0186. The molecule has 0 aromatic heterocycles. The van der Waals surface area contributed by atoms with Crippen molar-refractivity contribution in [1.29, 1.82) is 0 Å². The van der Waals surface area contributed by atoms with Gasteiger partial charge in [-0.1, -0.05) is 11.6 Å². The lowest BCUT2D eigenvalue weighted by Gasteiger charge is -2.27. The number of halogens is 2. The molecule has 9 heteroatoms. The molecule has 1 aromatic rings. The van der Waals surface area contributed by atoms with Crippen molar-refractivity contribution >= 4 is 47.2 Å². The number of anilines is 2. The second-order valence-corrected chi connectivity index (χ2v) is 6.04. The highest BCUT2D eigenvalue weighted by atomic mass is 35.5. The summed E-state index contributed by atoms with van der Waals surface area (Å²) in [4.78, 5) is 23.6. The minimum Gasteiger partial charge on any atom is -0.482 e. The van der Waals surface area contributed by atoms with Crippen molar-refractivity contribution in [1.82, 2.24) is 0 Å². The number of benzene rings is 1. The number of carbonyl (C=O) groups excluding carboxylic acids is 2. The Morgan fingerprint density at radius 3 is 2.79 bits per heavy atom. The average molecular weight is 376 g/mol. The maximum atomic E-state index is 12.3. The number of hydrogen-bond donors (Lipinski definition) is 3. The van der Waals surface area contributed by atoms with Crippen LogP contribution >= 0.6 is 24.0 Å². The van der Waals surface area contributed by atoms with E-state index in [1.807, 2.05) is 0 Å². The van der Waals surface area contributed by atoms with Crippen LogP contribution in [-0.2, 0) is 14.3 Å². The Kier molecular flexibility index (Phi) is 6.28. The van der Waals surface area contributed by atoms with E-state index in [9.17, 15) is 9.59 Å². The lowest BCUT2D eigenvalue weighted by Crippen LogP contribution is -2.44. The van der Waals surface area contributed by atoms with Crippen LogP contribution in [0.15, 0.2) is 12.1 Å². The highest BCUT2D eigenvalue weighted by Crippen LogP contribution is 2.36. The standard InChI is InChI=1S/C15H18ClN3O4.ClH/c16-9-5-11-12(23-7-13(20)18-11)6-10(9)19-15(21)14(17)8-1-3-22-4-2-8;/h5-6,8,14H,1-4,7,17H2,(H,18,20)(H,19,21);1H. The van der Waals surface area contributed by atoms with E-state index >= 15 is 0 Å². The molecule has 0 spiro atoms. The fraction of sp³-hybridized carbons (Fsp3) is 0.467. The maximum Gasteiger partial charge on any atom is 0.262 e. The summed E-state index contributed by atoms with van der Waals surface area (Å²) in [5.41, 5.74) is 6.94. The molecule has 0 radical (unpaired) electrons. The molecule has 2 amide bonds. The first-order chi connectivity index (χ1) is 11.0. The molecular weight excluding hydrogens is 357 g/mol. The number of ether oxygens (including phenoxy) is 2. The van der Waals surface area contributed by atoms with Crippen LogP contribution in [0.25, 0.3) is 0 Å². The molecule has 0 saturated carbocycles. The fourth-order valence-electron chi connectivity index (χ4n) is 2.70. The van der Waals surface area contributed by atoms with Gasteiger partial charge >= 0.3 is 0 Å². The molecule has 1 unspecified atom stereocenters. The van der Waals surface area contributed by atoms with E-state index in [-0.39, 0.29) is 36.7 Å². The van der Waals surface area contributed by atoms with Crippen LogP contribution in [-0.4, -0.2) is 37.7 Å². The first kappa shape index (κ1) is 18.8. The van der Waals surface area contributed by atoms with E-state index in [4.69, 9.17) is 26.8 Å². The number of fused-ring (bicyclic) bond motifs is 1. The van der Waals surface area contributed by atoms with E-state index in [1.54, 1.807) is 12.1 Å². The third-order valence-corrected chi connectivity index (χ3v) is 4.35. The predicted octanol–water partition coefficient (Wildman–Crippen LogP) is 1.79. The zero-order valence-electron chi connectivity index (χ0n) is 12.8. The molecule has 1 saturated heterocycles. The van der Waals surface area contributed by atoms with Gasteiger partial charge in [0, 0.05) is 19.3 Å². The Bertz CT molecular complexity index is 635. The summed E-state index contributed by atoms with van der Waals surface area (Å²) < 4.78 is 10.6. The molecule has 132 valence electrons. The Hall–Kier alpha value is -1.54. The van der Waals surface area contributed by atoms with Gasteiger partial charge in [-0.25, -0.2) is 0 Å². The fourth-order valence-corrected chi connectivity index (χ4v) is 2.91. The molecule has 1 fully saturated rings. The van der Waals surface area contributed by atoms with Crippen molar-refractivity contribution in [2.75, 3.05) is 30.5 Å². The smallest absolute Gasteiger partial charge is 0.262 e. The predicted molar refractivity (Wildman–Crippen MR) is 93.0 cm³/mol. The molecule has 2 aliphatic rings. The van der Waals surface area contributed by atoms with Gasteiger partial charge in [0.05, 0.1) is 22.4 Å². The van der Waals surface area contributed by atoms with Crippen LogP contribution < -0.4 is 21.1 Å². The second-order valence-electron chi connectivity index (χ2n) is 5.63. The molecular formula is C15H19Cl2N3O4. The summed E-state index contributed by atoms with van der Waals surface area (Å²) in [5, 5.41) is 5.70. The molecule has 4 N–H and O–H groups in total. The number of nitrogens with two attached hydrogens (primary N) is 1. The number of rotatable bonds is 3. The van der Waals surface area contributed by atoms with Crippen molar-refractivity contribution in [2.45, 2.75) is 18.9 Å². The highest BCUT2D eigenvalue weighted by molar-refractivity contribution is 6.34. The molecule has 0 aliphatic carbocycles. The maximum absolute atomic E-state index is 12.3. The largest absolute Gasteiger partial charge is 0.482 e. The molecule has 24 heavy (non-hydrogen) atoms. The van der Waals surface area contributed by atoms with Crippen LogP contribution in [0.5, 0.6) is 5.75 Å². The van der Waals surface area contributed by atoms with Crippen molar-refractivity contribution in [2.24, 2.45) is 11.7 Å². The number of amides is 2. The Morgan fingerprint density at radius 1 is 1.38 bits per heavy atom. The molecule has 2 aliphatic heterocycles. The van der Waals surface area contributed by atoms with E-state index in [1.165, 1.54) is 0 Å². The van der Waals surface area contributed by atoms with E-state index in [2.05, 4.69) is 10.6 Å². The van der Waals surface area contributed by atoms with Gasteiger partial charge in [0.25, 0.3) is 5.91 Å². The van der Waals surface area contributed by atoms with Crippen LogP contribution in [0.4, 0.5) is 11.4 Å². The van der Waals surface area contributed by atoms with Crippen LogP contribution in [0.3, 0.4) is 0 Å². The third-order valence-electron chi connectivity index (χ3n) is 4.04. The first-order valence-electron chi connectivity index (χ1n) is 7.45. The van der Waals surface area contributed by atoms with Crippen molar-refractivity contribution in [3.8, 4) is 5.75 Å². The van der Waals surface area contributed by atoms with E-state index in [0.717, 1.165) is 12.8 Å². The highest BCUT2D eigenvalue weighted by Gasteiger charge is 2.27. The normalized spacial score (nSPS) is 18.5. The van der Waals surface area contributed by atoms with Crippen LogP contribution in [0.1, 0.15) is 12.8 Å². The summed E-state index contributed by atoms with van der Waals surface area (Å²) in [6.07, 6.45) is 1.53. The minimum atomic E-state index is -0.619. The third kappa shape index (κ3) is 4.10. The monoisotopic (exact) mass is 375 g/mol. The number of nitrogens with one attached hydrogen (secondary N) is 2. The van der Waals surface area contributed by atoms with Crippen LogP contribution in [0, 0.1) is 5.92 Å². The summed E-state index contributed by atoms with van der Waals surface area (Å²) >= 11 is 6.16. The Morgan fingerprint density at radius 2 is 2.08 bits per heavy atom. The van der Waals surface area contributed by atoms with Gasteiger partial charge in [-0.2, -0.15) is 0 Å². The van der Waals surface area contributed by atoms with E-state index < -0.39 is 6.04 Å². The molecule has 2 heterocycles. The number of carbonyl (C=O) groups is 2. The Labute approximate surface area is 150 Å². The molecule has 1 atom stereocenters. The zero-order chi connectivity index (χ0) is 16.4. The van der Waals surface area contributed by atoms with Crippen molar-refractivity contribution in [3.05, 3.63) is 17.2 Å². The van der Waals surface area contributed by atoms with Gasteiger partial charge in [-0.05, 0) is 24.8 Å². The first-order valence-corrected chi connectivity index (χ1v) is 7.83. The molecule has 3 rings (SSSR count). The quantitative estimate of drug-likeness (QED) is 0.747. The molecule has 0 bridgehead atoms. The minimum absolute atomic E-state index is 0. The summed E-state index contributed by atoms with van der Waals surface area (Å²) in [7, 11) is 0. The van der Waals surface area contributed by atoms with Gasteiger partial charge in [0.2, 0.25) is 5.91 Å². The lowest BCUT2D eigenvalue weighted by molar-refractivity contribution is -0.119. The van der Waals surface area contributed by atoms with Gasteiger partial charge in [0.1, 0.15) is 5.75 Å². The average Bonchev–Trinajstić information content (AvgIpc) is 2.55. The van der Waals surface area contributed by atoms with Crippen molar-refractivity contribution < 1.29 is 19.1 Å². The number of hydrogen-bond acceptors (Lipinski definition) is 5. The van der Waals surface area contributed by atoms with Gasteiger partial charge in [0.15, 0.2) is 6.61 Å². The van der Waals surface area contributed by atoms with E-state index in [0.29, 0.717) is 35.4 Å². The van der Waals surface area contributed by atoms with Gasteiger partial charge < -0.3 is 25.8 Å². The van der Waals surface area contributed by atoms with Crippen molar-refractivity contribution in [3.63, 3.8) is 0 Å². The SMILES string of the molecule is Cl.NC(C(=O)Nc1cc2c(cc1Cl)NC(=O)CO2)C1CCOCC1. The second kappa shape index (κ2) is 8.02. The summed E-state index contributed by atoms with van der Waals surface area (Å²) in [6, 6.07) is 2.52. The van der Waals surface area contributed by atoms with Gasteiger partial charge in [-0.15, -0.1) is 12.4 Å². The zero-order valence-corrected chi connectivity index (χ0v) is 14.4. The Balaban J connectivity index is 0.00000208. The molecule has 1 aromatic carbocycles. The van der Waals surface area contributed by atoms with Crippen LogP contribution in [0.2, 0.25) is 5.02 Å². The topological polar surface area (TPSA) is 103 Å². The lowest BCUT2D eigenvalue weighted by atomic mass is 9.92. The molecule has 7 nitrogen and oxygen atoms in total. The van der Waals surface area contributed by atoms with Gasteiger partial charge in [-0.3, -0.25) is 9.59 Å². The summed E-state index contributed by atoms with van der Waals surface area (Å²) in [6.45, 7) is 1.18.